The fourth-order valence-corrected chi connectivity index (χ4v) is 2.69. The normalized spacial score (nSPS) is 24.4. The Morgan fingerprint density at radius 2 is 2.06 bits per heavy atom. The van der Waals surface area contributed by atoms with Crippen molar-refractivity contribution in [3.63, 3.8) is 0 Å². The van der Waals surface area contributed by atoms with Gasteiger partial charge in [0, 0.05) is 30.4 Å². The van der Waals surface area contributed by atoms with E-state index < -0.39 is 0 Å². The first kappa shape index (κ1) is 9.94. The fourth-order valence-electron chi connectivity index (χ4n) is 2.69. The first-order valence-corrected chi connectivity index (χ1v) is 6.15. The molecule has 0 unspecified atom stereocenters. The Morgan fingerprint density at radius 3 is 2.75 bits per heavy atom. The van der Waals surface area contributed by atoms with Crippen LogP contribution in [0.4, 0.5) is 0 Å². The van der Waals surface area contributed by atoms with E-state index in [9.17, 15) is 4.79 Å². The van der Waals surface area contributed by atoms with Gasteiger partial charge in [-0.05, 0) is 38.8 Å². The van der Waals surface area contributed by atoms with Crippen LogP contribution in [0.1, 0.15) is 37.2 Å². The quantitative estimate of drug-likeness (QED) is 0.708. The van der Waals surface area contributed by atoms with Crippen LogP contribution >= 0.6 is 0 Å². The van der Waals surface area contributed by atoms with E-state index in [1.165, 1.54) is 11.4 Å². The Hall–Kier alpha value is -1.25. The van der Waals surface area contributed by atoms with Gasteiger partial charge in [0.15, 0.2) is 0 Å². The Labute approximate surface area is 96.0 Å². The second-order valence-electron chi connectivity index (χ2n) is 5.03. The maximum absolute atomic E-state index is 12.1. The van der Waals surface area contributed by atoms with E-state index in [0.29, 0.717) is 11.8 Å². The highest BCUT2D eigenvalue weighted by Crippen LogP contribution is 2.35. The highest BCUT2D eigenvalue weighted by molar-refractivity contribution is 5.81. The maximum Gasteiger partial charge on any atom is 0.226 e. The van der Waals surface area contributed by atoms with Crippen molar-refractivity contribution in [3.8, 4) is 0 Å². The predicted octanol–water partition coefficient (Wildman–Crippen LogP) is 2.11. The summed E-state index contributed by atoms with van der Waals surface area (Å²) in [7, 11) is 0. The summed E-state index contributed by atoms with van der Waals surface area (Å²) >= 11 is 0. The van der Waals surface area contributed by atoms with Crippen LogP contribution in [0.15, 0.2) is 12.1 Å². The number of aryl methyl sites for hydroxylation is 1. The summed E-state index contributed by atoms with van der Waals surface area (Å²) in [5, 5.41) is 0. The van der Waals surface area contributed by atoms with Crippen molar-refractivity contribution < 1.29 is 4.79 Å². The lowest BCUT2D eigenvalue weighted by Gasteiger charge is -2.35. The second-order valence-corrected chi connectivity index (χ2v) is 5.03. The number of aromatic nitrogens is 1. The zero-order valence-corrected chi connectivity index (χ0v) is 9.94. The molecular weight excluding hydrogens is 200 g/mol. The van der Waals surface area contributed by atoms with Crippen molar-refractivity contribution in [1.82, 2.24) is 9.47 Å². The molecule has 1 aromatic heterocycles. The number of hydrogen-bond acceptors (Lipinski definition) is 1. The van der Waals surface area contributed by atoms with Crippen molar-refractivity contribution in [2.75, 3.05) is 6.54 Å². The van der Waals surface area contributed by atoms with Crippen LogP contribution in [0.5, 0.6) is 0 Å². The van der Waals surface area contributed by atoms with Crippen molar-refractivity contribution in [2.24, 2.45) is 5.92 Å². The number of amides is 1. The third-order valence-corrected chi connectivity index (χ3v) is 3.90. The van der Waals surface area contributed by atoms with Crippen LogP contribution in [0.25, 0.3) is 0 Å². The Balaban J connectivity index is 1.88. The standard InChI is InChI=1S/C13H18N2O/c1-9-3-6-12-10(2)15(8-7-14(9)12)13(16)11-4-5-11/h3,6,10-11H,4-5,7-8H2,1-2H3/t10-/m0/s1. The number of hydrogen-bond donors (Lipinski definition) is 0. The average Bonchev–Trinajstić information content (AvgIpc) is 3.04. The molecule has 3 nitrogen and oxygen atoms in total. The minimum absolute atomic E-state index is 0.246. The monoisotopic (exact) mass is 218 g/mol. The molecule has 2 heterocycles. The summed E-state index contributed by atoms with van der Waals surface area (Å²) in [5.41, 5.74) is 2.60. The number of rotatable bonds is 1. The van der Waals surface area contributed by atoms with Gasteiger partial charge >= 0.3 is 0 Å². The summed E-state index contributed by atoms with van der Waals surface area (Å²) in [6, 6.07) is 4.55. The predicted molar refractivity (Wildman–Crippen MR) is 62.0 cm³/mol. The van der Waals surface area contributed by atoms with Crippen LogP contribution in [0.2, 0.25) is 0 Å². The summed E-state index contributed by atoms with van der Waals surface area (Å²) in [5.74, 6) is 0.711. The molecular formula is C13H18N2O. The van der Waals surface area contributed by atoms with Gasteiger partial charge in [0.05, 0.1) is 6.04 Å². The van der Waals surface area contributed by atoms with Gasteiger partial charge in [0.1, 0.15) is 0 Å². The number of carbonyl (C=O) groups is 1. The molecule has 86 valence electrons. The molecule has 3 heteroatoms. The molecule has 1 aliphatic carbocycles. The minimum Gasteiger partial charge on any atom is -0.345 e. The molecule has 0 bridgehead atoms. The molecule has 2 aliphatic rings. The van der Waals surface area contributed by atoms with Gasteiger partial charge in [-0.3, -0.25) is 4.79 Å². The second kappa shape index (κ2) is 3.37. The van der Waals surface area contributed by atoms with Crippen molar-refractivity contribution in [1.29, 1.82) is 0 Å². The zero-order valence-electron chi connectivity index (χ0n) is 9.94. The lowest BCUT2D eigenvalue weighted by Crippen LogP contribution is -2.41. The largest absolute Gasteiger partial charge is 0.345 e. The van der Waals surface area contributed by atoms with E-state index in [2.05, 4.69) is 35.4 Å². The highest BCUT2D eigenvalue weighted by atomic mass is 16.2. The molecule has 0 radical (unpaired) electrons. The molecule has 0 aromatic carbocycles. The van der Waals surface area contributed by atoms with Gasteiger partial charge in [-0.25, -0.2) is 0 Å². The van der Waals surface area contributed by atoms with Gasteiger partial charge in [-0.1, -0.05) is 0 Å². The molecule has 0 saturated heterocycles. The van der Waals surface area contributed by atoms with E-state index in [-0.39, 0.29) is 6.04 Å². The van der Waals surface area contributed by atoms with Crippen LogP contribution < -0.4 is 0 Å². The van der Waals surface area contributed by atoms with E-state index in [1.807, 2.05) is 0 Å². The third-order valence-electron chi connectivity index (χ3n) is 3.90. The Morgan fingerprint density at radius 1 is 1.31 bits per heavy atom. The average molecular weight is 218 g/mol. The Bertz CT molecular complexity index is 431. The van der Waals surface area contributed by atoms with Crippen LogP contribution in [0.3, 0.4) is 0 Å². The lowest BCUT2D eigenvalue weighted by atomic mass is 10.1. The molecule has 0 N–H and O–H groups in total. The smallest absolute Gasteiger partial charge is 0.226 e. The van der Waals surface area contributed by atoms with E-state index in [4.69, 9.17) is 0 Å². The number of nitrogens with zero attached hydrogens (tertiary/aromatic N) is 2. The summed E-state index contributed by atoms with van der Waals surface area (Å²) in [4.78, 5) is 14.2. The van der Waals surface area contributed by atoms with Crippen molar-refractivity contribution >= 4 is 5.91 Å². The maximum atomic E-state index is 12.1. The van der Waals surface area contributed by atoms with E-state index >= 15 is 0 Å². The molecule has 0 spiro atoms. The van der Waals surface area contributed by atoms with Gasteiger partial charge in [-0.2, -0.15) is 0 Å². The van der Waals surface area contributed by atoms with Crippen LogP contribution in [0, 0.1) is 12.8 Å². The van der Waals surface area contributed by atoms with Crippen LogP contribution in [-0.4, -0.2) is 21.9 Å². The molecule has 3 rings (SSSR count). The third kappa shape index (κ3) is 1.38. The summed E-state index contributed by atoms with van der Waals surface area (Å²) in [6.07, 6.45) is 2.20. The molecule has 1 saturated carbocycles. The van der Waals surface area contributed by atoms with E-state index in [0.717, 1.165) is 25.9 Å². The van der Waals surface area contributed by atoms with Gasteiger partial charge in [0.25, 0.3) is 0 Å². The van der Waals surface area contributed by atoms with Gasteiger partial charge in [0.2, 0.25) is 5.91 Å². The SMILES string of the molecule is Cc1ccc2n1CCN(C(=O)C1CC1)[C@H]2C. The molecule has 1 amide bonds. The molecule has 1 fully saturated rings. The molecule has 1 aromatic rings. The van der Waals surface area contributed by atoms with Crippen molar-refractivity contribution in [2.45, 2.75) is 39.3 Å². The summed E-state index contributed by atoms with van der Waals surface area (Å²) < 4.78 is 2.33. The highest BCUT2D eigenvalue weighted by Gasteiger charge is 2.37. The topological polar surface area (TPSA) is 25.2 Å². The molecule has 1 atom stereocenters. The van der Waals surface area contributed by atoms with Gasteiger partial charge < -0.3 is 9.47 Å². The van der Waals surface area contributed by atoms with E-state index in [1.54, 1.807) is 0 Å². The molecule has 16 heavy (non-hydrogen) atoms. The fraction of sp³-hybridized carbons (Fsp3) is 0.615. The number of fused-ring (bicyclic) bond motifs is 1. The molecule has 1 aliphatic heterocycles. The lowest BCUT2D eigenvalue weighted by molar-refractivity contribution is -0.135. The van der Waals surface area contributed by atoms with Gasteiger partial charge in [-0.15, -0.1) is 0 Å². The van der Waals surface area contributed by atoms with Crippen molar-refractivity contribution in [3.05, 3.63) is 23.5 Å². The van der Waals surface area contributed by atoms with Crippen LogP contribution in [-0.2, 0) is 11.3 Å². The first-order chi connectivity index (χ1) is 7.68. The summed E-state index contributed by atoms with van der Waals surface area (Å²) in [6.45, 7) is 6.11. The first-order valence-electron chi connectivity index (χ1n) is 6.15. The number of carbonyl (C=O) groups excluding carboxylic acids is 1. The minimum atomic E-state index is 0.246. The zero-order chi connectivity index (χ0) is 11.3. The Kier molecular flexibility index (Phi) is 2.09.